The minimum atomic E-state index is 0.379. The molecule has 106 valence electrons. The second-order valence-corrected chi connectivity index (χ2v) is 5.78. The molecule has 0 spiro atoms. The highest BCUT2D eigenvalue weighted by atomic mass is 16.1. The van der Waals surface area contributed by atoms with Gasteiger partial charge >= 0.3 is 0 Å². The summed E-state index contributed by atoms with van der Waals surface area (Å²) >= 11 is 0. The van der Waals surface area contributed by atoms with Crippen molar-refractivity contribution in [3.05, 3.63) is 0 Å². The van der Waals surface area contributed by atoms with E-state index in [1.807, 2.05) is 0 Å². The number of rotatable bonds is 9. The lowest BCUT2D eigenvalue weighted by Gasteiger charge is -2.26. The molecular formula is C16H31NO. The van der Waals surface area contributed by atoms with Gasteiger partial charge in [-0.2, -0.15) is 0 Å². The summed E-state index contributed by atoms with van der Waals surface area (Å²) in [6.45, 7) is 7.37. The Balaban J connectivity index is 2.34. The van der Waals surface area contributed by atoms with Gasteiger partial charge in [-0.3, -0.25) is 9.69 Å². The standard InChI is InChI=1S/C16H31NO/c1-3-5-12-17(13-6-4-2)14-16(18)15-10-8-7-9-11-15/h15H,3-14H2,1-2H3. The van der Waals surface area contributed by atoms with Crippen LogP contribution in [0.15, 0.2) is 0 Å². The van der Waals surface area contributed by atoms with Crippen LogP contribution in [0.3, 0.4) is 0 Å². The molecule has 0 N–H and O–H groups in total. The van der Waals surface area contributed by atoms with E-state index in [1.165, 1.54) is 44.9 Å². The summed E-state index contributed by atoms with van der Waals surface area (Å²) in [7, 11) is 0. The summed E-state index contributed by atoms with van der Waals surface area (Å²) in [6, 6.07) is 0. The van der Waals surface area contributed by atoms with Crippen LogP contribution in [-0.4, -0.2) is 30.3 Å². The molecule has 0 aromatic carbocycles. The van der Waals surface area contributed by atoms with Crippen molar-refractivity contribution in [2.45, 2.75) is 71.6 Å². The molecular weight excluding hydrogens is 222 g/mol. The monoisotopic (exact) mass is 253 g/mol. The van der Waals surface area contributed by atoms with Crippen molar-refractivity contribution in [2.24, 2.45) is 5.92 Å². The highest BCUT2D eigenvalue weighted by Gasteiger charge is 2.22. The van der Waals surface area contributed by atoms with E-state index in [9.17, 15) is 4.79 Å². The van der Waals surface area contributed by atoms with Crippen molar-refractivity contribution in [2.75, 3.05) is 19.6 Å². The van der Waals surface area contributed by atoms with Crippen molar-refractivity contribution < 1.29 is 4.79 Å². The van der Waals surface area contributed by atoms with E-state index in [4.69, 9.17) is 0 Å². The Morgan fingerprint density at radius 2 is 1.56 bits per heavy atom. The van der Waals surface area contributed by atoms with E-state index in [1.54, 1.807) is 0 Å². The van der Waals surface area contributed by atoms with Gasteiger partial charge in [0.2, 0.25) is 0 Å². The lowest BCUT2D eigenvalue weighted by Crippen LogP contribution is -2.35. The first-order chi connectivity index (χ1) is 8.77. The second-order valence-electron chi connectivity index (χ2n) is 5.78. The van der Waals surface area contributed by atoms with E-state index in [2.05, 4.69) is 18.7 Å². The summed E-state index contributed by atoms with van der Waals surface area (Å²) in [4.78, 5) is 14.7. The maximum absolute atomic E-state index is 12.3. The van der Waals surface area contributed by atoms with Crippen molar-refractivity contribution >= 4 is 5.78 Å². The third-order valence-corrected chi connectivity index (χ3v) is 4.10. The average molecular weight is 253 g/mol. The van der Waals surface area contributed by atoms with Gasteiger partial charge in [-0.1, -0.05) is 46.0 Å². The molecule has 18 heavy (non-hydrogen) atoms. The lowest BCUT2D eigenvalue weighted by molar-refractivity contribution is -0.125. The zero-order chi connectivity index (χ0) is 13.2. The Morgan fingerprint density at radius 3 is 2.06 bits per heavy atom. The zero-order valence-corrected chi connectivity index (χ0v) is 12.4. The number of hydrogen-bond donors (Lipinski definition) is 0. The topological polar surface area (TPSA) is 20.3 Å². The van der Waals surface area contributed by atoms with E-state index in [-0.39, 0.29) is 0 Å². The van der Waals surface area contributed by atoms with Gasteiger partial charge in [0.1, 0.15) is 5.78 Å². The maximum Gasteiger partial charge on any atom is 0.149 e. The largest absolute Gasteiger partial charge is 0.298 e. The highest BCUT2D eigenvalue weighted by molar-refractivity contribution is 5.83. The fraction of sp³-hybridized carbons (Fsp3) is 0.938. The number of Topliss-reactive ketones (excluding diaryl/α,β-unsaturated/α-hetero) is 1. The molecule has 0 aromatic rings. The number of nitrogens with zero attached hydrogens (tertiary/aromatic N) is 1. The molecule has 0 bridgehead atoms. The van der Waals surface area contributed by atoms with Crippen LogP contribution >= 0.6 is 0 Å². The molecule has 0 atom stereocenters. The SMILES string of the molecule is CCCCN(CCCC)CC(=O)C1CCCCC1. The van der Waals surface area contributed by atoms with Crippen LogP contribution in [-0.2, 0) is 4.79 Å². The van der Waals surface area contributed by atoms with Crippen molar-refractivity contribution in [3.63, 3.8) is 0 Å². The van der Waals surface area contributed by atoms with Gasteiger partial charge in [0.25, 0.3) is 0 Å². The average Bonchev–Trinajstić information content (AvgIpc) is 2.42. The summed E-state index contributed by atoms with van der Waals surface area (Å²) < 4.78 is 0. The van der Waals surface area contributed by atoms with Crippen LogP contribution < -0.4 is 0 Å². The first kappa shape index (κ1) is 15.7. The molecule has 0 radical (unpaired) electrons. The Labute approximate surface area is 113 Å². The quantitative estimate of drug-likeness (QED) is 0.618. The van der Waals surface area contributed by atoms with Crippen molar-refractivity contribution in [1.29, 1.82) is 0 Å². The van der Waals surface area contributed by atoms with Gasteiger partial charge < -0.3 is 0 Å². The van der Waals surface area contributed by atoms with Crippen molar-refractivity contribution in [3.8, 4) is 0 Å². The Hall–Kier alpha value is -0.370. The minimum Gasteiger partial charge on any atom is -0.298 e. The van der Waals surface area contributed by atoms with E-state index < -0.39 is 0 Å². The van der Waals surface area contributed by atoms with Gasteiger partial charge in [0.05, 0.1) is 6.54 Å². The fourth-order valence-corrected chi connectivity index (χ4v) is 2.81. The van der Waals surface area contributed by atoms with Crippen LogP contribution in [0, 0.1) is 5.92 Å². The normalized spacial score (nSPS) is 17.3. The van der Waals surface area contributed by atoms with Gasteiger partial charge in [-0.15, -0.1) is 0 Å². The summed E-state index contributed by atoms with van der Waals surface area (Å²) in [6.07, 6.45) is 11.0. The molecule has 1 rings (SSSR count). The highest BCUT2D eigenvalue weighted by Crippen LogP contribution is 2.24. The molecule has 0 unspecified atom stereocenters. The van der Waals surface area contributed by atoms with Gasteiger partial charge in [-0.25, -0.2) is 0 Å². The first-order valence-corrected chi connectivity index (χ1v) is 8.03. The second kappa shape index (κ2) is 9.55. The molecule has 0 aromatic heterocycles. The van der Waals surface area contributed by atoms with Gasteiger partial charge in [0.15, 0.2) is 0 Å². The predicted molar refractivity (Wildman–Crippen MR) is 77.8 cm³/mol. The third-order valence-electron chi connectivity index (χ3n) is 4.10. The molecule has 0 heterocycles. The van der Waals surface area contributed by atoms with Crippen LogP contribution in [0.4, 0.5) is 0 Å². The Bertz CT molecular complexity index is 213. The Kier molecular flexibility index (Phi) is 8.32. The van der Waals surface area contributed by atoms with Crippen LogP contribution in [0.25, 0.3) is 0 Å². The molecule has 2 heteroatoms. The number of carbonyl (C=O) groups excluding carboxylic acids is 1. The Morgan fingerprint density at radius 1 is 1.00 bits per heavy atom. The lowest BCUT2D eigenvalue weighted by atomic mass is 9.86. The molecule has 1 saturated carbocycles. The maximum atomic E-state index is 12.3. The number of hydrogen-bond acceptors (Lipinski definition) is 2. The predicted octanol–water partition coefficient (Wildman–Crippen LogP) is 4.04. The van der Waals surface area contributed by atoms with Crippen LogP contribution in [0.2, 0.25) is 0 Å². The van der Waals surface area contributed by atoms with E-state index in [0.29, 0.717) is 18.2 Å². The van der Waals surface area contributed by atoms with Crippen molar-refractivity contribution in [1.82, 2.24) is 4.90 Å². The molecule has 0 saturated heterocycles. The summed E-state index contributed by atoms with van der Waals surface area (Å²) in [5, 5.41) is 0. The third kappa shape index (κ3) is 5.99. The van der Waals surface area contributed by atoms with Crippen LogP contribution in [0.1, 0.15) is 71.6 Å². The zero-order valence-electron chi connectivity index (χ0n) is 12.4. The molecule has 2 nitrogen and oxygen atoms in total. The van der Waals surface area contributed by atoms with Gasteiger partial charge in [0, 0.05) is 5.92 Å². The van der Waals surface area contributed by atoms with E-state index in [0.717, 1.165) is 25.9 Å². The number of ketones is 1. The minimum absolute atomic E-state index is 0.379. The van der Waals surface area contributed by atoms with Crippen LogP contribution in [0.5, 0.6) is 0 Å². The molecule has 0 aliphatic heterocycles. The molecule has 1 aliphatic carbocycles. The molecule has 0 amide bonds. The molecule has 1 fully saturated rings. The first-order valence-electron chi connectivity index (χ1n) is 8.03. The van der Waals surface area contributed by atoms with E-state index >= 15 is 0 Å². The van der Waals surface area contributed by atoms with Gasteiger partial charge in [-0.05, 0) is 38.8 Å². The fourth-order valence-electron chi connectivity index (χ4n) is 2.81. The summed E-state index contributed by atoms with van der Waals surface area (Å²) in [5.74, 6) is 0.895. The molecule has 1 aliphatic rings. The smallest absolute Gasteiger partial charge is 0.149 e. The number of unbranched alkanes of at least 4 members (excludes halogenated alkanes) is 2. The number of carbonyl (C=O) groups is 1. The summed E-state index contributed by atoms with van der Waals surface area (Å²) in [5.41, 5.74) is 0.